The topological polar surface area (TPSA) is 21.3 Å². The van der Waals surface area contributed by atoms with E-state index in [9.17, 15) is 0 Å². The molecule has 0 saturated carbocycles. The Kier molecular flexibility index (Phi) is 8.20. The van der Waals surface area contributed by atoms with Crippen molar-refractivity contribution in [1.29, 1.82) is 0 Å². The van der Waals surface area contributed by atoms with E-state index in [1.165, 1.54) is 12.8 Å². The summed E-state index contributed by atoms with van der Waals surface area (Å²) in [6, 6.07) is 0.593. The molecule has 0 aromatic carbocycles. The van der Waals surface area contributed by atoms with Crippen molar-refractivity contribution in [2.75, 3.05) is 20.3 Å². The monoisotopic (exact) mass is 201 g/mol. The Morgan fingerprint density at radius 3 is 2.14 bits per heavy atom. The average Bonchev–Trinajstić information content (AvgIpc) is 2.19. The molecular formula is C12H27NO. The van der Waals surface area contributed by atoms with E-state index in [1.54, 1.807) is 7.11 Å². The van der Waals surface area contributed by atoms with Crippen molar-refractivity contribution >= 4 is 0 Å². The van der Waals surface area contributed by atoms with Crippen LogP contribution in [-0.2, 0) is 4.74 Å². The van der Waals surface area contributed by atoms with Crippen molar-refractivity contribution in [3.8, 4) is 0 Å². The summed E-state index contributed by atoms with van der Waals surface area (Å²) in [6.45, 7) is 11.0. The summed E-state index contributed by atoms with van der Waals surface area (Å²) in [6.07, 6.45) is 2.57. The fourth-order valence-electron chi connectivity index (χ4n) is 2.02. The van der Waals surface area contributed by atoms with Crippen molar-refractivity contribution in [2.45, 2.75) is 46.6 Å². The van der Waals surface area contributed by atoms with Gasteiger partial charge in [-0.05, 0) is 18.8 Å². The molecule has 2 heteroatoms. The fourth-order valence-corrected chi connectivity index (χ4v) is 2.02. The molecule has 0 aromatic heterocycles. The molecule has 0 heterocycles. The number of rotatable bonds is 8. The lowest BCUT2D eigenvalue weighted by Crippen LogP contribution is -2.37. The molecule has 0 spiro atoms. The predicted molar refractivity (Wildman–Crippen MR) is 62.6 cm³/mol. The Morgan fingerprint density at radius 2 is 1.71 bits per heavy atom. The Bertz CT molecular complexity index is 123. The lowest BCUT2D eigenvalue weighted by atomic mass is 9.84. The molecule has 0 aliphatic carbocycles. The largest absolute Gasteiger partial charge is 0.383 e. The number of ether oxygens (including phenoxy) is 1. The van der Waals surface area contributed by atoms with Crippen LogP contribution in [0.3, 0.4) is 0 Å². The number of hydrogen-bond donors (Lipinski definition) is 1. The van der Waals surface area contributed by atoms with Crippen molar-refractivity contribution < 1.29 is 4.74 Å². The van der Waals surface area contributed by atoms with Gasteiger partial charge in [0.25, 0.3) is 0 Å². The summed E-state index contributed by atoms with van der Waals surface area (Å²) in [5.74, 6) is 1.60. The SMILES string of the molecule is CCC(CC)C(C)C(C)NCCOC. The summed E-state index contributed by atoms with van der Waals surface area (Å²) in [7, 11) is 1.75. The summed E-state index contributed by atoms with van der Waals surface area (Å²) >= 11 is 0. The second-order valence-corrected chi connectivity index (χ2v) is 4.17. The van der Waals surface area contributed by atoms with Crippen LogP contribution in [0.4, 0.5) is 0 Å². The van der Waals surface area contributed by atoms with Crippen LogP contribution in [-0.4, -0.2) is 26.3 Å². The molecule has 14 heavy (non-hydrogen) atoms. The average molecular weight is 201 g/mol. The van der Waals surface area contributed by atoms with Crippen molar-refractivity contribution in [1.82, 2.24) is 5.32 Å². The van der Waals surface area contributed by atoms with Gasteiger partial charge in [0.1, 0.15) is 0 Å². The molecule has 0 bridgehead atoms. The van der Waals surface area contributed by atoms with Crippen molar-refractivity contribution in [2.24, 2.45) is 11.8 Å². The molecule has 0 aliphatic heterocycles. The smallest absolute Gasteiger partial charge is 0.0587 e. The van der Waals surface area contributed by atoms with Crippen LogP contribution in [0.2, 0.25) is 0 Å². The van der Waals surface area contributed by atoms with Gasteiger partial charge in [0, 0.05) is 19.7 Å². The van der Waals surface area contributed by atoms with Crippen molar-refractivity contribution in [3.05, 3.63) is 0 Å². The van der Waals surface area contributed by atoms with E-state index >= 15 is 0 Å². The summed E-state index contributed by atoms with van der Waals surface area (Å²) in [5.41, 5.74) is 0. The molecule has 0 saturated heterocycles. The van der Waals surface area contributed by atoms with Gasteiger partial charge in [0.2, 0.25) is 0 Å². The molecule has 2 nitrogen and oxygen atoms in total. The lowest BCUT2D eigenvalue weighted by molar-refractivity contribution is 0.185. The molecule has 2 atom stereocenters. The van der Waals surface area contributed by atoms with Crippen LogP contribution >= 0.6 is 0 Å². The van der Waals surface area contributed by atoms with E-state index in [0.717, 1.165) is 25.0 Å². The van der Waals surface area contributed by atoms with Gasteiger partial charge in [-0.1, -0.05) is 33.6 Å². The molecule has 86 valence electrons. The van der Waals surface area contributed by atoms with Gasteiger partial charge in [-0.2, -0.15) is 0 Å². The Hall–Kier alpha value is -0.0800. The maximum atomic E-state index is 5.02. The third-order valence-electron chi connectivity index (χ3n) is 3.35. The highest BCUT2D eigenvalue weighted by Gasteiger charge is 2.19. The van der Waals surface area contributed by atoms with E-state index < -0.39 is 0 Å². The van der Waals surface area contributed by atoms with Gasteiger partial charge < -0.3 is 10.1 Å². The number of methoxy groups -OCH3 is 1. The van der Waals surface area contributed by atoms with E-state index in [-0.39, 0.29) is 0 Å². The first kappa shape index (κ1) is 13.9. The summed E-state index contributed by atoms with van der Waals surface area (Å²) in [4.78, 5) is 0. The Morgan fingerprint density at radius 1 is 1.14 bits per heavy atom. The zero-order valence-electron chi connectivity index (χ0n) is 10.5. The van der Waals surface area contributed by atoms with E-state index in [2.05, 4.69) is 33.0 Å². The number of hydrogen-bond acceptors (Lipinski definition) is 2. The second kappa shape index (κ2) is 8.25. The first-order chi connectivity index (χ1) is 6.67. The van der Waals surface area contributed by atoms with Gasteiger partial charge in [0.05, 0.1) is 6.61 Å². The number of nitrogens with one attached hydrogen (secondary N) is 1. The molecule has 0 rings (SSSR count). The third-order valence-corrected chi connectivity index (χ3v) is 3.35. The van der Waals surface area contributed by atoms with Gasteiger partial charge in [-0.15, -0.1) is 0 Å². The highest BCUT2D eigenvalue weighted by Crippen LogP contribution is 2.21. The Balaban J connectivity index is 3.78. The normalized spacial score (nSPS) is 15.9. The van der Waals surface area contributed by atoms with E-state index in [0.29, 0.717) is 6.04 Å². The fraction of sp³-hybridized carbons (Fsp3) is 1.00. The van der Waals surface area contributed by atoms with Gasteiger partial charge >= 0.3 is 0 Å². The van der Waals surface area contributed by atoms with E-state index in [1.807, 2.05) is 0 Å². The van der Waals surface area contributed by atoms with E-state index in [4.69, 9.17) is 4.74 Å². The van der Waals surface area contributed by atoms with Crippen LogP contribution in [0.5, 0.6) is 0 Å². The highest BCUT2D eigenvalue weighted by atomic mass is 16.5. The van der Waals surface area contributed by atoms with Crippen LogP contribution < -0.4 is 5.32 Å². The zero-order chi connectivity index (χ0) is 11.0. The first-order valence-electron chi connectivity index (χ1n) is 5.89. The van der Waals surface area contributed by atoms with Gasteiger partial charge in [-0.25, -0.2) is 0 Å². The quantitative estimate of drug-likeness (QED) is 0.610. The van der Waals surface area contributed by atoms with Crippen LogP contribution in [0.15, 0.2) is 0 Å². The molecule has 0 radical (unpaired) electrons. The van der Waals surface area contributed by atoms with Crippen LogP contribution in [0.25, 0.3) is 0 Å². The van der Waals surface area contributed by atoms with Gasteiger partial charge in [-0.3, -0.25) is 0 Å². The van der Waals surface area contributed by atoms with Crippen LogP contribution in [0, 0.1) is 11.8 Å². The zero-order valence-corrected chi connectivity index (χ0v) is 10.5. The molecule has 0 amide bonds. The van der Waals surface area contributed by atoms with Crippen molar-refractivity contribution in [3.63, 3.8) is 0 Å². The minimum Gasteiger partial charge on any atom is -0.383 e. The van der Waals surface area contributed by atoms with Crippen LogP contribution in [0.1, 0.15) is 40.5 Å². The third kappa shape index (κ3) is 4.97. The molecule has 2 unspecified atom stereocenters. The summed E-state index contributed by atoms with van der Waals surface area (Å²) < 4.78 is 5.02. The standard InChI is InChI=1S/C12H27NO/c1-6-12(7-2)10(3)11(4)13-8-9-14-5/h10-13H,6-9H2,1-5H3. The molecule has 0 fully saturated rings. The lowest BCUT2D eigenvalue weighted by Gasteiger charge is -2.28. The minimum absolute atomic E-state index is 0.593. The maximum absolute atomic E-state index is 5.02. The van der Waals surface area contributed by atoms with Gasteiger partial charge in [0.15, 0.2) is 0 Å². The molecule has 0 aliphatic rings. The summed E-state index contributed by atoms with van der Waals surface area (Å²) in [5, 5.41) is 3.51. The highest BCUT2D eigenvalue weighted by molar-refractivity contribution is 4.74. The second-order valence-electron chi connectivity index (χ2n) is 4.17. The first-order valence-corrected chi connectivity index (χ1v) is 5.89. The molecular weight excluding hydrogens is 174 g/mol. The molecule has 0 aromatic rings. The Labute approximate surface area is 89.4 Å². The predicted octanol–water partition coefficient (Wildman–Crippen LogP) is 2.68. The minimum atomic E-state index is 0.593. The molecule has 1 N–H and O–H groups in total. The maximum Gasteiger partial charge on any atom is 0.0587 e.